The Bertz CT molecular complexity index is 834. The third kappa shape index (κ3) is 35.6. The molecule has 0 radical (unpaired) electrons. The van der Waals surface area contributed by atoms with Gasteiger partial charge in [0.05, 0.1) is 39.9 Å². The summed E-state index contributed by atoms with van der Waals surface area (Å²) < 4.78 is 23.1. The molecule has 8 nitrogen and oxygen atoms in total. The molecule has 0 spiro atoms. The predicted molar refractivity (Wildman–Crippen MR) is 210 cm³/mol. The van der Waals surface area contributed by atoms with Crippen molar-refractivity contribution in [1.82, 2.24) is 5.32 Å². The Morgan fingerprint density at radius 3 is 1.50 bits per heavy atom. The Morgan fingerprint density at radius 1 is 0.680 bits per heavy atom. The van der Waals surface area contributed by atoms with Gasteiger partial charge in [-0.05, 0) is 19.3 Å². The van der Waals surface area contributed by atoms with Gasteiger partial charge in [0.2, 0.25) is 5.91 Å². The van der Waals surface area contributed by atoms with Crippen molar-refractivity contribution < 1.29 is 32.9 Å². The van der Waals surface area contributed by atoms with Crippen LogP contribution < -0.4 is 10.2 Å². The van der Waals surface area contributed by atoms with Gasteiger partial charge in [-0.15, -0.1) is 0 Å². The Kier molecular flexibility index (Phi) is 33.5. The number of aliphatic hydroxyl groups is 1. The van der Waals surface area contributed by atoms with Gasteiger partial charge in [0.15, 0.2) is 0 Å². The first kappa shape index (κ1) is 49.2. The number of allylic oxidation sites excluding steroid dienone is 1. The molecule has 0 heterocycles. The van der Waals surface area contributed by atoms with Gasteiger partial charge in [0.1, 0.15) is 13.2 Å². The van der Waals surface area contributed by atoms with Gasteiger partial charge in [-0.1, -0.05) is 180 Å². The van der Waals surface area contributed by atoms with Crippen LogP contribution in [-0.4, -0.2) is 68.5 Å². The lowest BCUT2D eigenvalue weighted by Crippen LogP contribution is -2.45. The molecule has 0 bridgehead atoms. The van der Waals surface area contributed by atoms with Crippen LogP contribution in [0.15, 0.2) is 12.2 Å². The monoisotopic (exact) mass is 731 g/mol. The average molecular weight is 731 g/mol. The van der Waals surface area contributed by atoms with Gasteiger partial charge in [-0.3, -0.25) is 9.36 Å². The van der Waals surface area contributed by atoms with Gasteiger partial charge >= 0.3 is 0 Å². The fraction of sp³-hybridized carbons (Fsp3) is 0.927. The van der Waals surface area contributed by atoms with E-state index >= 15 is 0 Å². The topological polar surface area (TPSA) is 108 Å². The zero-order valence-corrected chi connectivity index (χ0v) is 34.5. The number of nitrogens with zero attached hydrogens (tertiary/aromatic N) is 1. The summed E-state index contributed by atoms with van der Waals surface area (Å²) in [4.78, 5) is 25.2. The van der Waals surface area contributed by atoms with Crippen LogP contribution in [0.25, 0.3) is 0 Å². The third-order valence-electron chi connectivity index (χ3n) is 9.50. The minimum absolute atomic E-state index is 0.00186. The molecule has 0 aliphatic heterocycles. The van der Waals surface area contributed by atoms with Crippen LogP contribution in [0.1, 0.15) is 194 Å². The molecule has 0 aromatic carbocycles. The number of carbonyl (C=O) groups is 1. The summed E-state index contributed by atoms with van der Waals surface area (Å²) in [6.07, 6.45) is 36.7. The Labute approximate surface area is 310 Å². The number of unbranched alkanes of at least 4 members (excludes halogenated alkanes) is 25. The summed E-state index contributed by atoms with van der Waals surface area (Å²) in [5.41, 5.74) is 0. The van der Waals surface area contributed by atoms with Gasteiger partial charge in [-0.2, -0.15) is 0 Å². The lowest BCUT2D eigenvalue weighted by atomic mass is 10.0. The van der Waals surface area contributed by atoms with E-state index in [1.807, 2.05) is 27.2 Å². The second-order valence-corrected chi connectivity index (χ2v) is 17.1. The van der Waals surface area contributed by atoms with E-state index in [1.165, 1.54) is 135 Å². The van der Waals surface area contributed by atoms with E-state index in [4.69, 9.17) is 9.05 Å². The number of quaternary nitrogens is 1. The molecule has 9 heteroatoms. The molecule has 3 atom stereocenters. The quantitative estimate of drug-likeness (QED) is 0.0283. The molecule has 0 aromatic rings. The number of hydrogen-bond donors (Lipinski definition) is 2. The smallest absolute Gasteiger partial charge is 0.268 e. The molecule has 50 heavy (non-hydrogen) atoms. The van der Waals surface area contributed by atoms with E-state index in [9.17, 15) is 19.4 Å². The number of nitrogens with one attached hydrogen (secondary N) is 1. The molecule has 1 amide bonds. The van der Waals surface area contributed by atoms with E-state index in [-0.39, 0.29) is 19.1 Å². The van der Waals surface area contributed by atoms with Gasteiger partial charge in [-0.25, -0.2) is 0 Å². The van der Waals surface area contributed by atoms with Crippen LogP contribution in [-0.2, 0) is 18.4 Å². The van der Waals surface area contributed by atoms with Crippen molar-refractivity contribution in [3.8, 4) is 0 Å². The van der Waals surface area contributed by atoms with Crippen LogP contribution >= 0.6 is 7.82 Å². The third-order valence-corrected chi connectivity index (χ3v) is 10.5. The maximum atomic E-state index is 12.8. The maximum Gasteiger partial charge on any atom is 0.268 e. The SMILES string of the molecule is CCCCCCCCCCCC/C=C/[C@@H](O)[C@H](COP(=O)([O-])OCC[N+](C)(C)C)NC(=O)CCCCCCCCCCCCCCCCCC. The molecule has 0 saturated carbocycles. The van der Waals surface area contributed by atoms with E-state index in [0.29, 0.717) is 17.4 Å². The minimum Gasteiger partial charge on any atom is -0.756 e. The van der Waals surface area contributed by atoms with E-state index in [1.54, 1.807) is 6.08 Å². The van der Waals surface area contributed by atoms with E-state index < -0.39 is 20.0 Å². The Hall–Kier alpha value is -0.760. The van der Waals surface area contributed by atoms with Crippen LogP contribution in [0.2, 0.25) is 0 Å². The second-order valence-electron chi connectivity index (χ2n) is 15.7. The molecule has 0 aliphatic rings. The number of likely N-dealkylation sites (N-methyl/N-ethyl adjacent to an activating group) is 1. The number of phosphoric ester groups is 1. The van der Waals surface area contributed by atoms with Crippen LogP contribution in [0, 0.1) is 0 Å². The standard InChI is InChI=1S/C41H83N2O6P/c1-6-8-10-12-14-16-18-20-21-22-23-25-27-29-31-33-35-41(45)42-39(38-49-50(46,47)48-37-36-43(3,4)5)40(44)34-32-30-28-26-24-19-17-15-13-11-9-7-2/h32,34,39-40,44H,6-31,33,35-38H2,1-5H3,(H-,42,45,46,47)/b34-32+/t39-,40+/m0/s1. The molecule has 1 unspecified atom stereocenters. The number of rotatable bonds is 38. The summed E-state index contributed by atoms with van der Waals surface area (Å²) in [5.74, 6) is -0.196. The molecule has 0 aromatic heterocycles. The van der Waals surface area contributed by atoms with E-state index in [2.05, 4.69) is 19.2 Å². The highest BCUT2D eigenvalue weighted by molar-refractivity contribution is 7.45. The molecule has 0 saturated heterocycles. The van der Waals surface area contributed by atoms with Crippen molar-refractivity contribution in [3.63, 3.8) is 0 Å². The molecule has 2 N–H and O–H groups in total. The Morgan fingerprint density at radius 2 is 1.08 bits per heavy atom. The lowest BCUT2D eigenvalue weighted by Gasteiger charge is -2.29. The van der Waals surface area contributed by atoms with Crippen molar-refractivity contribution in [3.05, 3.63) is 12.2 Å². The zero-order valence-electron chi connectivity index (χ0n) is 33.6. The number of phosphoric acid groups is 1. The summed E-state index contributed by atoms with van der Waals surface area (Å²) in [6, 6.07) is -0.878. The molecule has 0 fully saturated rings. The molecule has 298 valence electrons. The first-order chi connectivity index (χ1) is 24.0. The second kappa shape index (κ2) is 34.0. The van der Waals surface area contributed by atoms with Crippen LogP contribution in [0.4, 0.5) is 0 Å². The number of carbonyl (C=O) groups excluding carboxylic acids is 1. The van der Waals surface area contributed by atoms with E-state index in [0.717, 1.165) is 38.5 Å². The van der Waals surface area contributed by atoms with Crippen LogP contribution in [0.5, 0.6) is 0 Å². The summed E-state index contributed by atoms with van der Waals surface area (Å²) >= 11 is 0. The summed E-state index contributed by atoms with van der Waals surface area (Å²) in [6.45, 7) is 4.64. The highest BCUT2D eigenvalue weighted by Gasteiger charge is 2.23. The lowest BCUT2D eigenvalue weighted by molar-refractivity contribution is -0.870. The molecule has 0 rings (SSSR count). The van der Waals surface area contributed by atoms with Crippen molar-refractivity contribution in [2.24, 2.45) is 0 Å². The minimum atomic E-state index is -4.58. The predicted octanol–water partition coefficient (Wildman–Crippen LogP) is 10.6. The van der Waals surface area contributed by atoms with Crippen molar-refractivity contribution >= 4 is 13.7 Å². The van der Waals surface area contributed by atoms with Crippen molar-refractivity contribution in [2.45, 2.75) is 206 Å². The largest absolute Gasteiger partial charge is 0.756 e. The Balaban J connectivity index is 4.42. The number of amides is 1. The van der Waals surface area contributed by atoms with Crippen molar-refractivity contribution in [2.75, 3.05) is 40.9 Å². The fourth-order valence-electron chi connectivity index (χ4n) is 6.09. The highest BCUT2D eigenvalue weighted by atomic mass is 31.2. The maximum absolute atomic E-state index is 12.8. The number of hydrogen-bond acceptors (Lipinski definition) is 6. The summed E-state index contributed by atoms with van der Waals surface area (Å²) in [7, 11) is 1.27. The van der Waals surface area contributed by atoms with Gasteiger partial charge in [0, 0.05) is 6.42 Å². The van der Waals surface area contributed by atoms with Gasteiger partial charge < -0.3 is 28.8 Å². The molecular formula is C41H83N2O6P. The first-order valence-corrected chi connectivity index (χ1v) is 22.5. The average Bonchev–Trinajstić information content (AvgIpc) is 3.06. The normalized spacial score (nSPS) is 14.6. The zero-order chi connectivity index (χ0) is 37.2. The number of aliphatic hydroxyl groups excluding tert-OH is 1. The fourth-order valence-corrected chi connectivity index (χ4v) is 6.82. The van der Waals surface area contributed by atoms with Crippen LogP contribution in [0.3, 0.4) is 0 Å². The molecular weight excluding hydrogens is 647 g/mol. The molecule has 0 aliphatic carbocycles. The summed E-state index contributed by atoms with van der Waals surface area (Å²) in [5, 5.41) is 13.7. The first-order valence-electron chi connectivity index (χ1n) is 21.1. The van der Waals surface area contributed by atoms with Crippen molar-refractivity contribution in [1.29, 1.82) is 0 Å². The van der Waals surface area contributed by atoms with Gasteiger partial charge in [0.25, 0.3) is 7.82 Å². The highest BCUT2D eigenvalue weighted by Crippen LogP contribution is 2.38.